The molecule has 17 heavy (non-hydrogen) atoms. The molecule has 0 N–H and O–H groups in total. The molecule has 0 amide bonds. The molecule has 0 saturated carbocycles. The van der Waals surface area contributed by atoms with Crippen LogP contribution in [0.3, 0.4) is 0 Å². The first-order valence-electron chi connectivity index (χ1n) is 6.50. The number of rotatable bonds is 5. The molecule has 2 aromatic carbocycles. The first kappa shape index (κ1) is 12.0. The van der Waals surface area contributed by atoms with Crippen LogP contribution < -0.4 is 0 Å². The van der Waals surface area contributed by atoms with Crippen molar-refractivity contribution in [3.05, 3.63) is 42.0 Å². The summed E-state index contributed by atoms with van der Waals surface area (Å²) in [5, 5.41) is 14.2. The Hall–Kier alpha value is -1.50. The Bertz CT molecular complexity index is 488. The highest BCUT2D eigenvalue weighted by atomic mass is 16.3. The second kappa shape index (κ2) is 5.72. The normalized spacial score (nSPS) is 10.9. The molecule has 0 aliphatic heterocycles. The number of aryl methyl sites for hydroxylation is 1. The fourth-order valence-corrected chi connectivity index (χ4v) is 2.30. The molecule has 89 valence electrons. The lowest BCUT2D eigenvalue weighted by atomic mass is 9.98. The van der Waals surface area contributed by atoms with Crippen molar-refractivity contribution in [2.45, 2.75) is 39.0 Å². The topological polar surface area (TPSA) is 19.9 Å². The largest absolute Gasteiger partial charge is 0.290 e. The standard InChI is InChI=1S/C16H19O/c1-2-3-4-5-10-15-14-9-7-6-8-13(14)11-12-16(15)17/h6-9,11-12H,2-5,10H2,1H3. The number of hydrogen-bond donors (Lipinski definition) is 0. The first-order chi connectivity index (χ1) is 8.33. The molecule has 0 bridgehead atoms. The van der Waals surface area contributed by atoms with Crippen LogP contribution in [0, 0.1) is 0 Å². The maximum absolute atomic E-state index is 11.9. The molecule has 2 rings (SSSR count). The second-order valence-electron chi connectivity index (χ2n) is 4.57. The molecule has 1 heteroatoms. The summed E-state index contributed by atoms with van der Waals surface area (Å²) in [7, 11) is 0. The van der Waals surface area contributed by atoms with E-state index < -0.39 is 0 Å². The highest BCUT2D eigenvalue weighted by Crippen LogP contribution is 2.29. The van der Waals surface area contributed by atoms with Crippen LogP contribution >= 0.6 is 0 Å². The monoisotopic (exact) mass is 227 g/mol. The summed E-state index contributed by atoms with van der Waals surface area (Å²) < 4.78 is 0. The third-order valence-electron chi connectivity index (χ3n) is 3.28. The van der Waals surface area contributed by atoms with E-state index in [1.807, 2.05) is 18.2 Å². The minimum Gasteiger partial charge on any atom is -0.290 e. The van der Waals surface area contributed by atoms with Crippen molar-refractivity contribution in [3.8, 4) is 5.75 Å². The Morgan fingerprint density at radius 1 is 0.941 bits per heavy atom. The van der Waals surface area contributed by atoms with Gasteiger partial charge in [-0.3, -0.25) is 5.11 Å². The van der Waals surface area contributed by atoms with Crippen molar-refractivity contribution in [3.63, 3.8) is 0 Å². The van der Waals surface area contributed by atoms with Crippen LogP contribution in [-0.2, 0) is 11.5 Å². The summed E-state index contributed by atoms with van der Waals surface area (Å²) in [4.78, 5) is 0. The molecule has 0 aliphatic rings. The molecular weight excluding hydrogens is 208 g/mol. The molecule has 1 radical (unpaired) electrons. The van der Waals surface area contributed by atoms with Gasteiger partial charge < -0.3 is 0 Å². The van der Waals surface area contributed by atoms with Gasteiger partial charge in [-0.05, 0) is 29.7 Å². The summed E-state index contributed by atoms with van der Waals surface area (Å²) in [6, 6.07) is 11.8. The van der Waals surface area contributed by atoms with E-state index in [9.17, 15) is 5.11 Å². The number of hydrogen-bond acceptors (Lipinski definition) is 0. The average Bonchev–Trinajstić information content (AvgIpc) is 2.37. The van der Waals surface area contributed by atoms with Crippen LogP contribution in [0.4, 0.5) is 0 Å². The zero-order valence-electron chi connectivity index (χ0n) is 10.4. The summed E-state index contributed by atoms with van der Waals surface area (Å²) in [6.45, 7) is 2.21. The van der Waals surface area contributed by atoms with Gasteiger partial charge in [-0.15, -0.1) is 0 Å². The summed E-state index contributed by atoms with van der Waals surface area (Å²) >= 11 is 0. The zero-order chi connectivity index (χ0) is 12.1. The number of fused-ring (bicyclic) bond motifs is 1. The molecular formula is C16H19O. The summed E-state index contributed by atoms with van der Waals surface area (Å²) in [5.74, 6) is 0.195. The third-order valence-corrected chi connectivity index (χ3v) is 3.28. The molecule has 0 saturated heterocycles. The Balaban J connectivity index is 2.22. The fourth-order valence-electron chi connectivity index (χ4n) is 2.30. The predicted octanol–water partition coefficient (Wildman–Crippen LogP) is 5.11. The first-order valence-corrected chi connectivity index (χ1v) is 6.50. The quantitative estimate of drug-likeness (QED) is 0.633. The predicted molar refractivity (Wildman–Crippen MR) is 71.9 cm³/mol. The molecule has 0 atom stereocenters. The SMILES string of the molecule is CCCCCCc1c([O])ccc2ccccc12. The van der Waals surface area contributed by atoms with Crippen LogP contribution in [0.5, 0.6) is 5.75 Å². The fraction of sp³-hybridized carbons (Fsp3) is 0.375. The number of benzene rings is 2. The minimum absolute atomic E-state index is 0.195. The van der Waals surface area contributed by atoms with Crippen molar-refractivity contribution in [1.29, 1.82) is 0 Å². The highest BCUT2D eigenvalue weighted by Gasteiger charge is 2.07. The molecule has 1 nitrogen and oxygen atoms in total. The Morgan fingerprint density at radius 3 is 2.59 bits per heavy atom. The van der Waals surface area contributed by atoms with Gasteiger partial charge in [0.1, 0.15) is 0 Å². The van der Waals surface area contributed by atoms with E-state index >= 15 is 0 Å². The summed E-state index contributed by atoms with van der Waals surface area (Å²) in [6.07, 6.45) is 5.76. The van der Waals surface area contributed by atoms with E-state index in [2.05, 4.69) is 19.1 Å². The van der Waals surface area contributed by atoms with Crippen molar-refractivity contribution in [2.24, 2.45) is 0 Å². The summed E-state index contributed by atoms with van der Waals surface area (Å²) in [5.41, 5.74) is 0.999. The molecule has 0 fully saturated rings. The molecule has 2 aromatic rings. The van der Waals surface area contributed by atoms with Gasteiger partial charge in [0.15, 0.2) is 5.75 Å². The molecule has 0 spiro atoms. The van der Waals surface area contributed by atoms with Crippen LogP contribution in [0.25, 0.3) is 10.8 Å². The lowest BCUT2D eigenvalue weighted by Gasteiger charge is -2.07. The van der Waals surface area contributed by atoms with E-state index in [0.29, 0.717) is 0 Å². The van der Waals surface area contributed by atoms with Gasteiger partial charge in [0, 0.05) is 5.56 Å². The van der Waals surface area contributed by atoms with E-state index in [0.717, 1.165) is 23.8 Å². The lowest BCUT2D eigenvalue weighted by Crippen LogP contribution is -1.89. The van der Waals surface area contributed by atoms with E-state index in [1.54, 1.807) is 6.07 Å². The van der Waals surface area contributed by atoms with E-state index in [1.165, 1.54) is 24.6 Å². The highest BCUT2D eigenvalue weighted by molar-refractivity contribution is 5.87. The smallest absolute Gasteiger partial charge is 0.182 e. The van der Waals surface area contributed by atoms with Gasteiger partial charge in [0.05, 0.1) is 0 Å². The van der Waals surface area contributed by atoms with Gasteiger partial charge in [-0.1, -0.05) is 56.5 Å². The van der Waals surface area contributed by atoms with Crippen LogP contribution in [0.15, 0.2) is 36.4 Å². The van der Waals surface area contributed by atoms with Crippen LogP contribution in [0.2, 0.25) is 0 Å². The second-order valence-corrected chi connectivity index (χ2v) is 4.57. The van der Waals surface area contributed by atoms with Crippen molar-refractivity contribution >= 4 is 10.8 Å². The van der Waals surface area contributed by atoms with Gasteiger partial charge in [-0.2, -0.15) is 0 Å². The Labute approximate surface area is 103 Å². The molecule has 0 unspecified atom stereocenters. The lowest BCUT2D eigenvalue weighted by molar-refractivity contribution is 0.350. The van der Waals surface area contributed by atoms with E-state index in [4.69, 9.17) is 0 Å². The van der Waals surface area contributed by atoms with Crippen molar-refractivity contribution < 1.29 is 5.11 Å². The molecule has 0 aliphatic carbocycles. The maximum Gasteiger partial charge on any atom is 0.182 e. The molecule has 0 aromatic heterocycles. The van der Waals surface area contributed by atoms with Gasteiger partial charge in [0.2, 0.25) is 0 Å². The average molecular weight is 227 g/mol. The van der Waals surface area contributed by atoms with Gasteiger partial charge in [0.25, 0.3) is 0 Å². The Kier molecular flexibility index (Phi) is 4.03. The van der Waals surface area contributed by atoms with Crippen LogP contribution in [-0.4, -0.2) is 0 Å². The molecule has 0 heterocycles. The number of unbranched alkanes of at least 4 members (excludes halogenated alkanes) is 3. The van der Waals surface area contributed by atoms with Gasteiger partial charge >= 0.3 is 0 Å². The van der Waals surface area contributed by atoms with E-state index in [-0.39, 0.29) is 5.75 Å². The van der Waals surface area contributed by atoms with Crippen molar-refractivity contribution in [2.75, 3.05) is 0 Å². The van der Waals surface area contributed by atoms with Crippen LogP contribution in [0.1, 0.15) is 38.2 Å². The Morgan fingerprint density at radius 2 is 1.76 bits per heavy atom. The zero-order valence-corrected chi connectivity index (χ0v) is 10.4. The van der Waals surface area contributed by atoms with Gasteiger partial charge in [-0.25, -0.2) is 0 Å². The van der Waals surface area contributed by atoms with Crippen molar-refractivity contribution in [1.82, 2.24) is 0 Å². The minimum atomic E-state index is 0.195. The third kappa shape index (κ3) is 2.79. The maximum atomic E-state index is 11.9.